The van der Waals surface area contributed by atoms with Gasteiger partial charge in [0.2, 0.25) is 0 Å². The lowest BCUT2D eigenvalue weighted by atomic mass is 10.2. The molecule has 0 saturated carbocycles. The standard InChI is InChI=1S/C20H34O4/c1-4-7-9-11-14-18(6-3)24-20(22)16-13-15-19(21)23-17-12-10-8-5-2/h18H,4-8,10,12-17H2,1-3H3. The van der Waals surface area contributed by atoms with Crippen molar-refractivity contribution in [2.45, 2.75) is 97.5 Å². The second-order valence-electron chi connectivity index (χ2n) is 5.96. The SMILES string of the molecule is CCCC#CCC(CC)OC(=O)CCCC(=O)OCCCCCC. The van der Waals surface area contributed by atoms with Crippen LogP contribution in [0, 0.1) is 11.8 Å². The van der Waals surface area contributed by atoms with Gasteiger partial charge in [-0.25, -0.2) is 0 Å². The molecule has 0 rings (SSSR count). The van der Waals surface area contributed by atoms with Gasteiger partial charge >= 0.3 is 11.9 Å². The Morgan fingerprint density at radius 3 is 2.29 bits per heavy atom. The molecule has 0 fully saturated rings. The average molecular weight is 338 g/mol. The smallest absolute Gasteiger partial charge is 0.306 e. The predicted molar refractivity (Wildman–Crippen MR) is 96.4 cm³/mol. The molecular formula is C20H34O4. The Bertz CT molecular complexity index is 392. The van der Waals surface area contributed by atoms with Gasteiger partial charge in [-0.1, -0.05) is 46.0 Å². The number of ether oxygens (including phenoxy) is 2. The fourth-order valence-electron chi connectivity index (χ4n) is 2.08. The van der Waals surface area contributed by atoms with E-state index in [0.717, 1.165) is 32.1 Å². The van der Waals surface area contributed by atoms with Crippen LogP contribution in [-0.4, -0.2) is 24.6 Å². The van der Waals surface area contributed by atoms with Crippen LogP contribution in [0.3, 0.4) is 0 Å². The van der Waals surface area contributed by atoms with E-state index in [1.54, 1.807) is 0 Å². The summed E-state index contributed by atoms with van der Waals surface area (Å²) < 4.78 is 10.5. The zero-order valence-electron chi connectivity index (χ0n) is 15.7. The van der Waals surface area contributed by atoms with Gasteiger partial charge in [0.05, 0.1) is 6.61 Å². The first kappa shape index (κ1) is 22.5. The predicted octanol–water partition coefficient (Wildman–Crippen LogP) is 4.80. The average Bonchev–Trinajstić information content (AvgIpc) is 2.57. The van der Waals surface area contributed by atoms with Gasteiger partial charge in [-0.05, 0) is 25.7 Å². The van der Waals surface area contributed by atoms with Crippen molar-refractivity contribution in [3.63, 3.8) is 0 Å². The van der Waals surface area contributed by atoms with Crippen LogP contribution in [0.1, 0.15) is 91.4 Å². The number of unbranched alkanes of at least 4 members (excludes halogenated alkanes) is 4. The molecule has 4 heteroatoms. The first-order chi connectivity index (χ1) is 11.6. The molecule has 0 spiro atoms. The third kappa shape index (κ3) is 14.1. The van der Waals surface area contributed by atoms with Crippen molar-refractivity contribution >= 4 is 11.9 Å². The Hall–Kier alpha value is -1.50. The molecule has 1 atom stereocenters. The molecule has 0 aromatic rings. The van der Waals surface area contributed by atoms with Gasteiger partial charge in [-0.15, -0.1) is 5.92 Å². The molecule has 0 aliphatic rings. The third-order valence-electron chi connectivity index (χ3n) is 3.61. The van der Waals surface area contributed by atoms with Crippen molar-refractivity contribution in [3.05, 3.63) is 0 Å². The minimum atomic E-state index is -0.255. The van der Waals surface area contributed by atoms with Gasteiger partial charge in [-0.3, -0.25) is 9.59 Å². The molecule has 138 valence electrons. The molecule has 0 heterocycles. The van der Waals surface area contributed by atoms with E-state index < -0.39 is 0 Å². The zero-order valence-corrected chi connectivity index (χ0v) is 15.7. The minimum absolute atomic E-state index is 0.146. The molecular weight excluding hydrogens is 304 g/mol. The molecule has 0 amide bonds. The highest BCUT2D eigenvalue weighted by atomic mass is 16.5. The van der Waals surface area contributed by atoms with Crippen molar-refractivity contribution in [2.75, 3.05) is 6.61 Å². The summed E-state index contributed by atoms with van der Waals surface area (Å²) in [7, 11) is 0. The normalized spacial score (nSPS) is 11.3. The lowest BCUT2D eigenvalue weighted by Crippen LogP contribution is -2.17. The molecule has 0 bridgehead atoms. The van der Waals surface area contributed by atoms with Crippen molar-refractivity contribution in [2.24, 2.45) is 0 Å². The monoisotopic (exact) mass is 338 g/mol. The molecule has 0 aliphatic heterocycles. The van der Waals surface area contributed by atoms with E-state index in [9.17, 15) is 9.59 Å². The van der Waals surface area contributed by atoms with Crippen molar-refractivity contribution in [3.8, 4) is 11.8 Å². The maximum absolute atomic E-state index is 11.8. The lowest BCUT2D eigenvalue weighted by Gasteiger charge is -2.13. The Morgan fingerprint density at radius 1 is 0.875 bits per heavy atom. The van der Waals surface area contributed by atoms with Gasteiger partial charge < -0.3 is 9.47 Å². The molecule has 0 radical (unpaired) electrons. The van der Waals surface area contributed by atoms with Gasteiger partial charge in [0.25, 0.3) is 0 Å². The number of rotatable bonds is 13. The van der Waals surface area contributed by atoms with Gasteiger partial charge in [0.15, 0.2) is 0 Å². The van der Waals surface area contributed by atoms with Gasteiger partial charge in [0, 0.05) is 25.7 Å². The largest absolute Gasteiger partial charge is 0.466 e. The Kier molecular flexibility index (Phi) is 15.3. The van der Waals surface area contributed by atoms with Crippen LogP contribution < -0.4 is 0 Å². The molecule has 24 heavy (non-hydrogen) atoms. The van der Waals surface area contributed by atoms with Crippen LogP contribution in [0.25, 0.3) is 0 Å². The summed E-state index contributed by atoms with van der Waals surface area (Å²) in [6.07, 6.45) is 8.47. The second-order valence-corrected chi connectivity index (χ2v) is 5.96. The summed E-state index contributed by atoms with van der Waals surface area (Å²) in [6, 6.07) is 0. The number of carbonyl (C=O) groups excluding carboxylic acids is 2. The Balaban J connectivity index is 3.76. The fourth-order valence-corrected chi connectivity index (χ4v) is 2.08. The highest BCUT2D eigenvalue weighted by Crippen LogP contribution is 2.08. The topological polar surface area (TPSA) is 52.6 Å². The summed E-state index contributed by atoms with van der Waals surface area (Å²) in [5, 5.41) is 0. The molecule has 0 aliphatic carbocycles. The first-order valence-corrected chi connectivity index (χ1v) is 9.44. The Morgan fingerprint density at radius 2 is 1.62 bits per heavy atom. The van der Waals surface area contributed by atoms with Crippen LogP contribution in [0.4, 0.5) is 0 Å². The summed E-state index contributed by atoms with van der Waals surface area (Å²) >= 11 is 0. The maximum Gasteiger partial charge on any atom is 0.306 e. The minimum Gasteiger partial charge on any atom is -0.466 e. The van der Waals surface area contributed by atoms with Crippen molar-refractivity contribution in [1.29, 1.82) is 0 Å². The highest BCUT2D eigenvalue weighted by molar-refractivity contribution is 5.72. The van der Waals surface area contributed by atoms with Crippen LogP contribution in [0.15, 0.2) is 0 Å². The summed E-state index contributed by atoms with van der Waals surface area (Å²) in [5.74, 6) is 5.63. The summed E-state index contributed by atoms with van der Waals surface area (Å²) in [4.78, 5) is 23.3. The van der Waals surface area contributed by atoms with Crippen LogP contribution >= 0.6 is 0 Å². The molecule has 4 nitrogen and oxygen atoms in total. The molecule has 0 aromatic carbocycles. The Labute approximate surface area is 147 Å². The van der Waals surface area contributed by atoms with E-state index in [0.29, 0.717) is 19.4 Å². The van der Waals surface area contributed by atoms with E-state index in [2.05, 4.69) is 25.7 Å². The van der Waals surface area contributed by atoms with Crippen LogP contribution in [0.2, 0.25) is 0 Å². The molecule has 0 saturated heterocycles. The maximum atomic E-state index is 11.8. The second kappa shape index (κ2) is 16.4. The van der Waals surface area contributed by atoms with Gasteiger partial charge in [0.1, 0.15) is 6.10 Å². The van der Waals surface area contributed by atoms with Crippen LogP contribution in [0.5, 0.6) is 0 Å². The molecule has 0 aromatic heterocycles. The van der Waals surface area contributed by atoms with Crippen LogP contribution in [-0.2, 0) is 19.1 Å². The summed E-state index contributed by atoms with van der Waals surface area (Å²) in [6.45, 7) is 6.70. The number of hydrogen-bond donors (Lipinski definition) is 0. The van der Waals surface area contributed by atoms with Crippen molar-refractivity contribution < 1.29 is 19.1 Å². The molecule has 1 unspecified atom stereocenters. The van der Waals surface area contributed by atoms with Gasteiger partial charge in [-0.2, -0.15) is 0 Å². The van der Waals surface area contributed by atoms with E-state index >= 15 is 0 Å². The number of hydrogen-bond acceptors (Lipinski definition) is 4. The first-order valence-electron chi connectivity index (χ1n) is 9.44. The molecule has 0 N–H and O–H groups in total. The highest BCUT2D eigenvalue weighted by Gasteiger charge is 2.12. The number of esters is 2. The number of carbonyl (C=O) groups is 2. The summed E-state index contributed by atoms with van der Waals surface area (Å²) in [5.41, 5.74) is 0. The zero-order chi connectivity index (χ0) is 18.0. The van der Waals surface area contributed by atoms with Crippen molar-refractivity contribution in [1.82, 2.24) is 0 Å². The van der Waals surface area contributed by atoms with E-state index in [-0.39, 0.29) is 30.9 Å². The third-order valence-corrected chi connectivity index (χ3v) is 3.61. The van der Waals surface area contributed by atoms with E-state index in [4.69, 9.17) is 9.47 Å². The quantitative estimate of drug-likeness (QED) is 0.275. The van der Waals surface area contributed by atoms with E-state index in [1.807, 2.05) is 6.92 Å². The van der Waals surface area contributed by atoms with E-state index in [1.165, 1.54) is 12.8 Å². The lowest BCUT2D eigenvalue weighted by molar-refractivity contribution is -0.149. The fraction of sp³-hybridized carbons (Fsp3) is 0.800.